The van der Waals surface area contributed by atoms with Gasteiger partial charge in [-0.1, -0.05) is 20.8 Å². The summed E-state index contributed by atoms with van der Waals surface area (Å²) in [5, 5.41) is 3.48. The second-order valence-electron chi connectivity index (χ2n) is 9.73. The highest BCUT2D eigenvalue weighted by atomic mass is 32.2. The van der Waals surface area contributed by atoms with E-state index in [1.807, 2.05) is 16.3 Å². The molecule has 1 aromatic carbocycles. The van der Waals surface area contributed by atoms with E-state index in [0.29, 0.717) is 24.1 Å². The van der Waals surface area contributed by atoms with Crippen LogP contribution in [0.1, 0.15) is 37.7 Å². The van der Waals surface area contributed by atoms with E-state index in [4.69, 9.17) is 10.7 Å². The minimum atomic E-state index is -0.826. The predicted molar refractivity (Wildman–Crippen MR) is 130 cm³/mol. The minimum Gasteiger partial charge on any atom is -0.382 e. The van der Waals surface area contributed by atoms with Crippen LogP contribution in [-0.2, 0) is 19.4 Å². The molecule has 0 saturated carbocycles. The van der Waals surface area contributed by atoms with Gasteiger partial charge in [-0.15, -0.1) is 11.8 Å². The highest BCUT2D eigenvalue weighted by Gasteiger charge is 2.21. The molecule has 172 valence electrons. The molecule has 0 spiro atoms. The normalized spacial score (nSPS) is 13.7. The highest BCUT2D eigenvalue weighted by Crippen LogP contribution is 2.37. The Balaban J connectivity index is 1.71. The van der Waals surface area contributed by atoms with Crippen LogP contribution in [0, 0.1) is 11.5 Å². The summed E-state index contributed by atoms with van der Waals surface area (Å²) >= 11 is 1.90. The van der Waals surface area contributed by atoms with E-state index in [1.54, 1.807) is 0 Å². The summed E-state index contributed by atoms with van der Waals surface area (Å²) in [7, 11) is 4.12. The van der Waals surface area contributed by atoms with Gasteiger partial charge in [0.25, 0.3) is 0 Å². The van der Waals surface area contributed by atoms with E-state index in [0.717, 1.165) is 31.1 Å². The Labute approximate surface area is 193 Å². The molecule has 9 heteroatoms. The fourth-order valence-corrected chi connectivity index (χ4v) is 5.16. The molecule has 0 bridgehead atoms. The topological polar surface area (TPSA) is 84.9 Å². The maximum atomic E-state index is 14.0. The lowest BCUT2D eigenvalue weighted by Crippen LogP contribution is -2.30. The first-order chi connectivity index (χ1) is 15.1. The number of thioether (sulfide) groups is 1. The number of nitrogen functional groups attached to an aromatic ring is 1. The number of aryl methyl sites for hydroxylation is 1. The van der Waals surface area contributed by atoms with Crippen LogP contribution in [0.25, 0.3) is 11.2 Å². The van der Waals surface area contributed by atoms with Gasteiger partial charge in [-0.3, -0.25) is 0 Å². The Morgan fingerprint density at radius 2 is 2.00 bits per heavy atom. The average Bonchev–Trinajstić information content (AvgIpc) is 3.28. The van der Waals surface area contributed by atoms with Gasteiger partial charge in [0.05, 0.1) is 0 Å². The molecule has 4 rings (SSSR count). The third kappa shape index (κ3) is 4.83. The number of benzene rings is 1. The first kappa shape index (κ1) is 22.8. The van der Waals surface area contributed by atoms with Crippen LogP contribution in [0.4, 0.5) is 15.9 Å². The first-order valence-corrected chi connectivity index (χ1v) is 12.0. The number of halogens is 1. The zero-order chi connectivity index (χ0) is 23.0. The Morgan fingerprint density at radius 3 is 2.72 bits per heavy atom. The molecule has 3 N–H and O–H groups in total. The van der Waals surface area contributed by atoms with Crippen molar-refractivity contribution in [1.29, 1.82) is 0 Å². The van der Waals surface area contributed by atoms with Crippen molar-refractivity contribution < 1.29 is 4.39 Å². The van der Waals surface area contributed by atoms with E-state index < -0.39 is 6.08 Å². The van der Waals surface area contributed by atoms with E-state index >= 15 is 0 Å². The van der Waals surface area contributed by atoms with Gasteiger partial charge in [0.2, 0.25) is 0 Å². The summed E-state index contributed by atoms with van der Waals surface area (Å²) in [4.78, 5) is 16.0. The van der Waals surface area contributed by atoms with Crippen LogP contribution in [0.5, 0.6) is 0 Å². The Morgan fingerprint density at radius 1 is 1.22 bits per heavy atom. The van der Waals surface area contributed by atoms with Crippen LogP contribution < -0.4 is 16.0 Å². The number of hydrogen-bond acceptors (Lipinski definition) is 7. The first-order valence-electron chi connectivity index (χ1n) is 11.0. The van der Waals surface area contributed by atoms with Gasteiger partial charge >= 0.3 is 6.08 Å². The Kier molecular flexibility index (Phi) is 6.31. The van der Waals surface area contributed by atoms with Crippen LogP contribution in [-0.4, -0.2) is 52.5 Å². The summed E-state index contributed by atoms with van der Waals surface area (Å²) in [5.41, 5.74) is 10.9. The van der Waals surface area contributed by atoms with Gasteiger partial charge in [-0.2, -0.15) is 14.4 Å². The summed E-state index contributed by atoms with van der Waals surface area (Å²) in [6.45, 7) is 8.80. The number of nitrogens with one attached hydrogen (secondary N) is 1. The third-order valence-electron chi connectivity index (χ3n) is 5.56. The Hall–Kier alpha value is -2.39. The lowest BCUT2D eigenvalue weighted by atomic mass is 9.97. The summed E-state index contributed by atoms with van der Waals surface area (Å²) in [6, 6.07) is 4.57. The highest BCUT2D eigenvalue weighted by molar-refractivity contribution is 7.99. The lowest BCUT2D eigenvalue weighted by Gasteiger charge is -2.20. The monoisotopic (exact) mass is 457 g/mol. The number of imidazole rings is 1. The van der Waals surface area contributed by atoms with Gasteiger partial charge in [-0.25, -0.2) is 4.98 Å². The largest absolute Gasteiger partial charge is 0.382 e. The summed E-state index contributed by atoms with van der Waals surface area (Å²) < 4.78 is 16.0. The van der Waals surface area contributed by atoms with Gasteiger partial charge in [0.1, 0.15) is 5.82 Å². The molecule has 3 aromatic rings. The van der Waals surface area contributed by atoms with Crippen molar-refractivity contribution in [1.82, 2.24) is 24.8 Å². The van der Waals surface area contributed by atoms with E-state index in [9.17, 15) is 4.39 Å². The number of nitrogens with two attached hydrogens (primary N) is 1. The molecular weight excluding hydrogens is 425 g/mol. The van der Waals surface area contributed by atoms with E-state index in [2.05, 4.69) is 67.2 Å². The zero-order valence-electron chi connectivity index (χ0n) is 19.5. The molecule has 2 aromatic heterocycles. The van der Waals surface area contributed by atoms with Gasteiger partial charge in [0.15, 0.2) is 17.0 Å². The number of fused-ring (bicyclic) bond motifs is 2. The fraction of sp³-hybridized carbons (Fsp3) is 0.522. The maximum absolute atomic E-state index is 14.0. The van der Waals surface area contributed by atoms with Crippen LogP contribution in [0.3, 0.4) is 0 Å². The molecule has 0 amide bonds. The molecule has 32 heavy (non-hydrogen) atoms. The van der Waals surface area contributed by atoms with Crippen molar-refractivity contribution in [2.24, 2.45) is 5.41 Å². The van der Waals surface area contributed by atoms with Crippen molar-refractivity contribution in [2.75, 3.05) is 43.6 Å². The van der Waals surface area contributed by atoms with Crippen molar-refractivity contribution in [3.63, 3.8) is 0 Å². The van der Waals surface area contributed by atoms with Crippen LogP contribution >= 0.6 is 11.8 Å². The molecular formula is C23H32FN7S. The number of anilines is 2. The number of nitrogens with zero attached hydrogens (tertiary/aromatic N) is 5. The minimum absolute atomic E-state index is 0.0764. The molecule has 0 saturated heterocycles. The molecule has 0 unspecified atom stereocenters. The summed E-state index contributed by atoms with van der Waals surface area (Å²) in [6.07, 6.45) is 0.885. The second-order valence-corrected chi connectivity index (χ2v) is 10.9. The second kappa shape index (κ2) is 8.86. The molecule has 0 atom stereocenters. The van der Waals surface area contributed by atoms with Crippen LogP contribution in [0.15, 0.2) is 17.0 Å². The standard InChI is InChI=1S/C23H32FN7S/c1-23(2,3)13-26-7-8-31-18(27-19-20(25)28-22(24)29-21(19)31)12-15-11-17-14(6-9-32-17)10-16(15)30(4)5/h10-11,26H,6-9,12-13H2,1-5H3,(H2,25,28,29). The van der Waals surface area contributed by atoms with E-state index in [-0.39, 0.29) is 11.2 Å². The molecule has 0 aliphatic carbocycles. The third-order valence-corrected chi connectivity index (χ3v) is 6.66. The molecule has 7 nitrogen and oxygen atoms in total. The van der Waals surface area contributed by atoms with Gasteiger partial charge < -0.3 is 20.5 Å². The quantitative estimate of drug-likeness (QED) is 0.415. The smallest absolute Gasteiger partial charge is 0.312 e. The van der Waals surface area contributed by atoms with Crippen LogP contribution in [0.2, 0.25) is 0 Å². The number of aromatic nitrogens is 4. The SMILES string of the molecule is CN(C)c1cc2c(cc1Cc1nc3c(N)nc(F)nc3n1CCNCC(C)(C)C)SCC2. The number of hydrogen-bond donors (Lipinski definition) is 2. The van der Waals surface area contributed by atoms with Gasteiger partial charge in [-0.05, 0) is 35.1 Å². The molecule has 0 radical (unpaired) electrons. The number of rotatable bonds is 7. The lowest BCUT2D eigenvalue weighted by molar-refractivity contribution is 0.375. The zero-order valence-corrected chi connectivity index (χ0v) is 20.3. The predicted octanol–water partition coefficient (Wildman–Crippen LogP) is 3.49. The molecule has 1 aliphatic heterocycles. The molecule has 0 fully saturated rings. The average molecular weight is 458 g/mol. The van der Waals surface area contributed by atoms with Crippen molar-refractivity contribution in [3.05, 3.63) is 35.2 Å². The maximum Gasteiger partial charge on any atom is 0.312 e. The van der Waals surface area contributed by atoms with Crippen molar-refractivity contribution >= 4 is 34.4 Å². The van der Waals surface area contributed by atoms with E-state index in [1.165, 1.54) is 21.7 Å². The fourth-order valence-electron chi connectivity index (χ4n) is 4.05. The molecule has 1 aliphatic rings. The van der Waals surface area contributed by atoms with Gasteiger partial charge in [0, 0.05) is 56.5 Å². The molecule has 3 heterocycles. The van der Waals surface area contributed by atoms with Crippen molar-refractivity contribution in [2.45, 2.75) is 45.1 Å². The summed E-state index contributed by atoms with van der Waals surface area (Å²) in [5.74, 6) is 2.01. The van der Waals surface area contributed by atoms with Crippen molar-refractivity contribution in [3.8, 4) is 0 Å². The Bertz CT molecular complexity index is 1130.